The van der Waals surface area contributed by atoms with Gasteiger partial charge in [-0.2, -0.15) is 0 Å². The summed E-state index contributed by atoms with van der Waals surface area (Å²) in [5.74, 6) is -0.0869. The van der Waals surface area contributed by atoms with Crippen molar-refractivity contribution in [2.45, 2.75) is 56.5 Å². The van der Waals surface area contributed by atoms with E-state index in [1.807, 2.05) is 12.1 Å². The van der Waals surface area contributed by atoms with Gasteiger partial charge in [0.25, 0.3) is 0 Å². The van der Waals surface area contributed by atoms with E-state index in [1.165, 1.54) is 44.1 Å². The third-order valence-electron chi connectivity index (χ3n) is 7.67. The van der Waals surface area contributed by atoms with Gasteiger partial charge in [0.2, 0.25) is 0 Å². The zero-order chi connectivity index (χ0) is 20.6. The average molecular weight is 405 g/mol. The standard InChI is InChI=1S/C26H32N2O2/c29-25(30)22-9-7-20(8-10-22)18-28-14-11-19(12-15-28)17-27-24-16-26(24)13-3-5-21-4-1-2-6-23(21)26/h1-2,4,6-10,19,24,27H,3,5,11-18H2,(H,29,30). The van der Waals surface area contributed by atoms with Crippen LogP contribution in [0.15, 0.2) is 48.5 Å². The number of aryl methyl sites for hydroxylation is 1. The summed E-state index contributed by atoms with van der Waals surface area (Å²) in [5, 5.41) is 13.0. The average Bonchev–Trinajstić information content (AvgIpc) is 3.47. The fourth-order valence-electron chi connectivity index (χ4n) is 5.77. The highest BCUT2D eigenvalue weighted by atomic mass is 16.4. The number of nitrogens with zero attached hydrogens (tertiary/aromatic N) is 1. The monoisotopic (exact) mass is 404 g/mol. The van der Waals surface area contributed by atoms with Crippen LogP contribution < -0.4 is 5.32 Å². The van der Waals surface area contributed by atoms with Crippen LogP contribution in [-0.4, -0.2) is 41.7 Å². The van der Waals surface area contributed by atoms with Crippen LogP contribution in [0.5, 0.6) is 0 Å². The molecule has 0 bridgehead atoms. The predicted octanol–water partition coefficient (Wildman–Crippen LogP) is 4.23. The zero-order valence-corrected chi connectivity index (χ0v) is 17.6. The third-order valence-corrected chi connectivity index (χ3v) is 7.67. The first-order chi connectivity index (χ1) is 14.6. The smallest absolute Gasteiger partial charge is 0.335 e. The van der Waals surface area contributed by atoms with Crippen LogP contribution in [0.4, 0.5) is 0 Å². The molecule has 30 heavy (non-hydrogen) atoms. The van der Waals surface area contributed by atoms with Crippen molar-refractivity contribution in [2.24, 2.45) is 5.92 Å². The number of nitrogens with one attached hydrogen (secondary N) is 1. The number of hydrogen-bond acceptors (Lipinski definition) is 3. The number of piperidine rings is 1. The molecule has 1 saturated heterocycles. The second-order valence-corrected chi connectivity index (χ2v) is 9.55. The fraction of sp³-hybridized carbons (Fsp3) is 0.500. The normalized spacial score (nSPS) is 26.5. The van der Waals surface area contributed by atoms with Crippen molar-refractivity contribution < 1.29 is 9.90 Å². The molecule has 5 rings (SSSR count). The molecule has 0 radical (unpaired) electrons. The first-order valence-electron chi connectivity index (χ1n) is 11.5. The molecule has 1 spiro atoms. The minimum atomic E-state index is -0.857. The summed E-state index contributed by atoms with van der Waals surface area (Å²) in [7, 11) is 0. The van der Waals surface area contributed by atoms with E-state index in [4.69, 9.17) is 5.11 Å². The second kappa shape index (κ2) is 8.16. The molecule has 2 aromatic rings. The van der Waals surface area contributed by atoms with Crippen molar-refractivity contribution in [3.05, 3.63) is 70.8 Å². The summed E-state index contributed by atoms with van der Waals surface area (Å²) in [6, 6.07) is 17.1. The number of aromatic carboxylic acids is 1. The number of benzene rings is 2. The molecular formula is C26H32N2O2. The van der Waals surface area contributed by atoms with Gasteiger partial charge in [-0.3, -0.25) is 4.90 Å². The molecule has 2 aliphatic carbocycles. The number of fused-ring (bicyclic) bond motifs is 2. The lowest BCUT2D eigenvalue weighted by Crippen LogP contribution is -2.38. The van der Waals surface area contributed by atoms with E-state index in [-0.39, 0.29) is 0 Å². The van der Waals surface area contributed by atoms with Crippen molar-refractivity contribution in [2.75, 3.05) is 19.6 Å². The number of rotatable bonds is 6. The summed E-state index contributed by atoms with van der Waals surface area (Å²) in [4.78, 5) is 13.5. The Morgan fingerprint density at radius 2 is 1.87 bits per heavy atom. The number of carboxylic acids is 1. The van der Waals surface area contributed by atoms with E-state index in [0.717, 1.165) is 32.1 Å². The van der Waals surface area contributed by atoms with Crippen LogP contribution in [0.25, 0.3) is 0 Å². The van der Waals surface area contributed by atoms with Gasteiger partial charge in [-0.1, -0.05) is 36.4 Å². The van der Waals surface area contributed by atoms with E-state index in [0.29, 0.717) is 17.0 Å². The fourth-order valence-corrected chi connectivity index (χ4v) is 5.77. The summed E-state index contributed by atoms with van der Waals surface area (Å²) in [5.41, 5.74) is 5.20. The van der Waals surface area contributed by atoms with Crippen molar-refractivity contribution in [1.29, 1.82) is 0 Å². The molecular weight excluding hydrogens is 372 g/mol. The van der Waals surface area contributed by atoms with Gasteiger partial charge in [0, 0.05) is 18.0 Å². The van der Waals surface area contributed by atoms with Gasteiger partial charge in [-0.05, 0) is 92.9 Å². The molecule has 158 valence electrons. The maximum Gasteiger partial charge on any atom is 0.335 e. The Kier molecular flexibility index (Phi) is 5.38. The van der Waals surface area contributed by atoms with Crippen molar-refractivity contribution in [3.63, 3.8) is 0 Å². The first-order valence-corrected chi connectivity index (χ1v) is 11.5. The Morgan fingerprint density at radius 1 is 1.10 bits per heavy atom. The Labute approximate surface area is 179 Å². The molecule has 1 saturated carbocycles. The topological polar surface area (TPSA) is 52.6 Å². The van der Waals surface area contributed by atoms with Gasteiger partial charge in [0.05, 0.1) is 5.56 Å². The molecule has 4 nitrogen and oxygen atoms in total. The lowest BCUT2D eigenvalue weighted by Gasteiger charge is -2.32. The number of likely N-dealkylation sites (tertiary alicyclic amines) is 1. The van der Waals surface area contributed by atoms with E-state index >= 15 is 0 Å². The van der Waals surface area contributed by atoms with Crippen molar-refractivity contribution >= 4 is 5.97 Å². The molecule has 1 aliphatic heterocycles. The predicted molar refractivity (Wildman–Crippen MR) is 119 cm³/mol. The molecule has 2 atom stereocenters. The maximum atomic E-state index is 11.0. The third kappa shape index (κ3) is 3.91. The highest BCUT2D eigenvalue weighted by Crippen LogP contribution is 2.55. The van der Waals surface area contributed by atoms with E-state index in [2.05, 4.69) is 34.5 Å². The molecule has 0 aromatic heterocycles. The van der Waals surface area contributed by atoms with Crippen LogP contribution in [0.1, 0.15) is 59.2 Å². The Morgan fingerprint density at radius 3 is 2.63 bits per heavy atom. The van der Waals surface area contributed by atoms with Gasteiger partial charge in [0.15, 0.2) is 0 Å². The van der Waals surface area contributed by atoms with Crippen molar-refractivity contribution in [1.82, 2.24) is 10.2 Å². The van der Waals surface area contributed by atoms with Crippen LogP contribution in [0, 0.1) is 5.92 Å². The molecule has 0 amide bonds. The highest BCUT2D eigenvalue weighted by Gasteiger charge is 2.56. The van der Waals surface area contributed by atoms with Gasteiger partial charge >= 0.3 is 5.97 Å². The molecule has 3 aliphatic rings. The zero-order valence-electron chi connectivity index (χ0n) is 17.6. The van der Waals surface area contributed by atoms with Crippen LogP contribution in [0.3, 0.4) is 0 Å². The van der Waals surface area contributed by atoms with E-state index < -0.39 is 5.97 Å². The summed E-state index contributed by atoms with van der Waals surface area (Å²) in [6.45, 7) is 4.33. The molecule has 1 heterocycles. The number of carboxylic acid groups (broad SMARTS) is 1. The second-order valence-electron chi connectivity index (χ2n) is 9.55. The van der Waals surface area contributed by atoms with Gasteiger partial charge in [0.1, 0.15) is 0 Å². The van der Waals surface area contributed by atoms with Crippen LogP contribution in [0.2, 0.25) is 0 Å². The van der Waals surface area contributed by atoms with Gasteiger partial charge in [-0.25, -0.2) is 4.79 Å². The van der Waals surface area contributed by atoms with Crippen LogP contribution in [-0.2, 0) is 18.4 Å². The Balaban J connectivity index is 1.08. The number of carbonyl (C=O) groups is 1. The minimum absolute atomic E-state index is 0.363. The number of hydrogen-bond donors (Lipinski definition) is 2. The molecule has 2 fully saturated rings. The molecule has 4 heteroatoms. The Bertz CT molecular complexity index is 902. The van der Waals surface area contributed by atoms with Crippen molar-refractivity contribution in [3.8, 4) is 0 Å². The first kappa shape index (κ1) is 19.8. The summed E-state index contributed by atoms with van der Waals surface area (Å²) in [6.07, 6.45) is 7.74. The lowest BCUT2D eigenvalue weighted by molar-refractivity contribution is 0.0697. The maximum absolute atomic E-state index is 11.0. The minimum Gasteiger partial charge on any atom is -0.478 e. The quantitative estimate of drug-likeness (QED) is 0.756. The summed E-state index contributed by atoms with van der Waals surface area (Å²) >= 11 is 0. The lowest BCUT2D eigenvalue weighted by atomic mass is 9.79. The molecule has 2 unspecified atom stereocenters. The van der Waals surface area contributed by atoms with Gasteiger partial charge in [-0.15, -0.1) is 0 Å². The molecule has 2 aromatic carbocycles. The SMILES string of the molecule is O=C(O)c1ccc(CN2CCC(CNC3CC34CCCc3ccccc34)CC2)cc1. The molecule has 2 N–H and O–H groups in total. The largest absolute Gasteiger partial charge is 0.478 e. The summed E-state index contributed by atoms with van der Waals surface area (Å²) < 4.78 is 0. The highest BCUT2D eigenvalue weighted by molar-refractivity contribution is 5.87. The van der Waals surface area contributed by atoms with E-state index in [9.17, 15) is 4.79 Å². The van der Waals surface area contributed by atoms with Crippen LogP contribution >= 0.6 is 0 Å². The van der Waals surface area contributed by atoms with Gasteiger partial charge < -0.3 is 10.4 Å². The Hall–Kier alpha value is -2.17. The van der Waals surface area contributed by atoms with E-state index in [1.54, 1.807) is 23.3 Å².